The van der Waals surface area contributed by atoms with Crippen molar-refractivity contribution in [3.63, 3.8) is 0 Å². The van der Waals surface area contributed by atoms with E-state index in [1.165, 1.54) is 12.8 Å². The highest BCUT2D eigenvalue weighted by atomic mass is 35.5. The lowest BCUT2D eigenvalue weighted by atomic mass is 9.98. The molecule has 5 nitrogen and oxygen atoms in total. The number of aryl methyl sites for hydroxylation is 1. The zero-order chi connectivity index (χ0) is 14.1. The molecule has 2 saturated heterocycles. The Kier molecular flexibility index (Phi) is 3.98. The number of piperidine rings is 1. The third kappa shape index (κ3) is 2.99. The number of halogens is 1. The number of hydrogen-bond donors (Lipinski definition) is 1. The first-order chi connectivity index (χ1) is 9.61. The minimum absolute atomic E-state index is 0.116. The molecule has 1 aromatic heterocycles. The standard InChI is InChI=1S/C14H21ClN4O/c1-18-12-2-3-13(18)7-11(6-12)17-14(20)4-5-19-9-10(15)8-16-19/h8-9,11-13H,2-7H2,1H3,(H,17,20). The molecule has 0 radical (unpaired) electrons. The number of hydrogen-bond acceptors (Lipinski definition) is 3. The molecule has 3 heterocycles. The van der Waals surface area contributed by atoms with Crippen molar-refractivity contribution in [1.82, 2.24) is 20.0 Å². The van der Waals surface area contributed by atoms with Crippen LogP contribution in [0.25, 0.3) is 0 Å². The van der Waals surface area contributed by atoms with E-state index in [0.29, 0.717) is 36.1 Å². The molecule has 1 aromatic rings. The summed E-state index contributed by atoms with van der Waals surface area (Å²) in [5, 5.41) is 7.86. The van der Waals surface area contributed by atoms with Crippen molar-refractivity contribution in [2.45, 2.75) is 56.8 Å². The van der Waals surface area contributed by atoms with Crippen LogP contribution in [-0.4, -0.2) is 45.8 Å². The third-order valence-electron chi connectivity index (χ3n) is 4.63. The van der Waals surface area contributed by atoms with Gasteiger partial charge in [0.2, 0.25) is 5.91 Å². The molecule has 2 unspecified atom stereocenters. The van der Waals surface area contributed by atoms with E-state index in [0.717, 1.165) is 12.8 Å². The number of nitrogens with zero attached hydrogens (tertiary/aromatic N) is 3. The van der Waals surface area contributed by atoms with Crippen molar-refractivity contribution < 1.29 is 4.79 Å². The molecule has 110 valence electrons. The van der Waals surface area contributed by atoms with Gasteiger partial charge in [0.05, 0.1) is 11.2 Å². The Morgan fingerprint density at radius 2 is 2.15 bits per heavy atom. The van der Waals surface area contributed by atoms with Crippen molar-refractivity contribution in [1.29, 1.82) is 0 Å². The first-order valence-electron chi connectivity index (χ1n) is 7.31. The summed E-state index contributed by atoms with van der Waals surface area (Å²) in [7, 11) is 2.21. The number of rotatable bonds is 4. The van der Waals surface area contributed by atoms with Crippen molar-refractivity contribution in [3.8, 4) is 0 Å². The van der Waals surface area contributed by atoms with Gasteiger partial charge >= 0.3 is 0 Å². The molecule has 2 aliphatic rings. The Labute approximate surface area is 124 Å². The van der Waals surface area contributed by atoms with Gasteiger partial charge < -0.3 is 10.2 Å². The molecule has 6 heteroatoms. The smallest absolute Gasteiger partial charge is 0.222 e. The first-order valence-corrected chi connectivity index (χ1v) is 7.69. The Bertz CT molecular complexity index is 475. The second-order valence-corrected chi connectivity index (χ2v) is 6.39. The molecular formula is C14H21ClN4O. The van der Waals surface area contributed by atoms with Gasteiger partial charge in [-0.1, -0.05) is 11.6 Å². The second kappa shape index (κ2) is 5.74. The molecule has 2 bridgehead atoms. The summed E-state index contributed by atoms with van der Waals surface area (Å²) < 4.78 is 1.71. The Balaban J connectivity index is 1.45. The summed E-state index contributed by atoms with van der Waals surface area (Å²) in [5.74, 6) is 0.116. The van der Waals surface area contributed by atoms with Crippen molar-refractivity contribution >= 4 is 17.5 Å². The molecule has 0 spiro atoms. The number of aromatic nitrogens is 2. The molecule has 1 amide bonds. The maximum absolute atomic E-state index is 12.0. The molecule has 2 atom stereocenters. The van der Waals surface area contributed by atoms with E-state index in [9.17, 15) is 4.79 Å². The molecular weight excluding hydrogens is 276 g/mol. The van der Waals surface area contributed by atoms with Crippen LogP contribution in [0.3, 0.4) is 0 Å². The fraction of sp³-hybridized carbons (Fsp3) is 0.714. The lowest BCUT2D eigenvalue weighted by Crippen LogP contribution is -2.48. The largest absolute Gasteiger partial charge is 0.353 e. The van der Waals surface area contributed by atoms with Crippen LogP contribution in [-0.2, 0) is 11.3 Å². The van der Waals surface area contributed by atoms with E-state index in [1.807, 2.05) is 0 Å². The highest BCUT2D eigenvalue weighted by Gasteiger charge is 2.38. The summed E-state index contributed by atoms with van der Waals surface area (Å²) in [6, 6.07) is 1.66. The summed E-state index contributed by atoms with van der Waals surface area (Å²) in [6.07, 6.45) is 8.52. The predicted molar refractivity (Wildman–Crippen MR) is 77.6 cm³/mol. The number of nitrogens with one attached hydrogen (secondary N) is 1. The van der Waals surface area contributed by atoms with Gasteiger partial charge in [0, 0.05) is 37.3 Å². The van der Waals surface area contributed by atoms with Gasteiger partial charge in [-0.3, -0.25) is 9.48 Å². The van der Waals surface area contributed by atoms with E-state index < -0.39 is 0 Å². The fourth-order valence-electron chi connectivity index (χ4n) is 3.51. The number of carbonyl (C=O) groups excluding carboxylic acids is 1. The van der Waals surface area contributed by atoms with Crippen molar-refractivity contribution in [2.24, 2.45) is 0 Å². The minimum atomic E-state index is 0.116. The van der Waals surface area contributed by atoms with Gasteiger partial charge in [0.15, 0.2) is 0 Å². The Hall–Kier alpha value is -1.07. The molecule has 0 aromatic carbocycles. The van der Waals surface area contributed by atoms with E-state index in [1.54, 1.807) is 17.1 Å². The fourth-order valence-corrected chi connectivity index (χ4v) is 3.66. The maximum atomic E-state index is 12.0. The zero-order valence-corrected chi connectivity index (χ0v) is 12.5. The average molecular weight is 297 g/mol. The normalized spacial score (nSPS) is 29.6. The predicted octanol–water partition coefficient (Wildman–Crippen LogP) is 1.67. The molecule has 0 saturated carbocycles. The molecule has 3 rings (SSSR count). The van der Waals surface area contributed by atoms with Crippen LogP contribution in [0.15, 0.2) is 12.4 Å². The third-order valence-corrected chi connectivity index (χ3v) is 4.83. The van der Waals surface area contributed by atoms with Crippen LogP contribution >= 0.6 is 11.6 Å². The van der Waals surface area contributed by atoms with Gasteiger partial charge in [-0.05, 0) is 32.7 Å². The van der Waals surface area contributed by atoms with E-state index in [4.69, 9.17) is 11.6 Å². The molecule has 2 aliphatic heterocycles. The quantitative estimate of drug-likeness (QED) is 0.919. The Morgan fingerprint density at radius 3 is 2.75 bits per heavy atom. The van der Waals surface area contributed by atoms with Crippen LogP contribution in [0, 0.1) is 0 Å². The van der Waals surface area contributed by atoms with E-state index >= 15 is 0 Å². The summed E-state index contributed by atoms with van der Waals surface area (Å²) in [4.78, 5) is 14.5. The van der Waals surface area contributed by atoms with Crippen LogP contribution in [0.5, 0.6) is 0 Å². The maximum Gasteiger partial charge on any atom is 0.222 e. The molecule has 2 fully saturated rings. The molecule has 20 heavy (non-hydrogen) atoms. The first kappa shape index (κ1) is 13.9. The second-order valence-electron chi connectivity index (χ2n) is 5.96. The number of amides is 1. The van der Waals surface area contributed by atoms with Crippen LogP contribution in [0.2, 0.25) is 5.02 Å². The topological polar surface area (TPSA) is 50.2 Å². The minimum Gasteiger partial charge on any atom is -0.353 e. The van der Waals surface area contributed by atoms with Gasteiger partial charge in [-0.2, -0.15) is 5.10 Å². The summed E-state index contributed by atoms with van der Waals surface area (Å²) in [6.45, 7) is 0.581. The lowest BCUT2D eigenvalue weighted by molar-refractivity contribution is -0.122. The highest BCUT2D eigenvalue weighted by Crippen LogP contribution is 2.34. The monoisotopic (exact) mass is 296 g/mol. The Morgan fingerprint density at radius 1 is 1.45 bits per heavy atom. The van der Waals surface area contributed by atoms with Gasteiger partial charge in [0.1, 0.15) is 0 Å². The molecule has 1 N–H and O–H groups in total. The van der Waals surface area contributed by atoms with E-state index in [-0.39, 0.29) is 5.91 Å². The SMILES string of the molecule is CN1C2CCC1CC(NC(=O)CCn1cc(Cl)cn1)C2. The van der Waals surface area contributed by atoms with Crippen LogP contribution in [0.1, 0.15) is 32.1 Å². The van der Waals surface area contributed by atoms with Crippen molar-refractivity contribution in [2.75, 3.05) is 7.05 Å². The lowest BCUT2D eigenvalue weighted by Gasteiger charge is -2.36. The summed E-state index contributed by atoms with van der Waals surface area (Å²) in [5.41, 5.74) is 0. The average Bonchev–Trinajstić information content (AvgIpc) is 2.89. The van der Waals surface area contributed by atoms with Crippen LogP contribution in [0.4, 0.5) is 0 Å². The number of fused-ring (bicyclic) bond motifs is 2. The van der Waals surface area contributed by atoms with Crippen LogP contribution < -0.4 is 5.32 Å². The van der Waals surface area contributed by atoms with Gasteiger partial charge in [0.25, 0.3) is 0 Å². The summed E-state index contributed by atoms with van der Waals surface area (Å²) >= 11 is 5.80. The number of carbonyl (C=O) groups is 1. The van der Waals surface area contributed by atoms with Gasteiger partial charge in [-0.15, -0.1) is 0 Å². The highest BCUT2D eigenvalue weighted by molar-refractivity contribution is 6.30. The van der Waals surface area contributed by atoms with E-state index in [2.05, 4.69) is 22.4 Å². The van der Waals surface area contributed by atoms with Crippen molar-refractivity contribution in [3.05, 3.63) is 17.4 Å². The zero-order valence-electron chi connectivity index (χ0n) is 11.8. The molecule has 0 aliphatic carbocycles. The van der Waals surface area contributed by atoms with Gasteiger partial charge in [-0.25, -0.2) is 0 Å².